The van der Waals surface area contributed by atoms with Gasteiger partial charge < -0.3 is 23.7 Å². The number of hydrogen-bond donors (Lipinski definition) is 0. The molecule has 0 aliphatic carbocycles. The average molecular weight is 543 g/mol. The van der Waals surface area contributed by atoms with Crippen LogP contribution in [0.5, 0.6) is 0 Å². The molecular formula is C23H30NO12P. The van der Waals surface area contributed by atoms with Gasteiger partial charge in [0.2, 0.25) is 0 Å². The first kappa shape index (κ1) is 30.4. The van der Waals surface area contributed by atoms with E-state index in [1.807, 2.05) is 6.07 Å². The highest BCUT2D eigenvalue weighted by molar-refractivity contribution is 7.48. The predicted molar refractivity (Wildman–Crippen MR) is 123 cm³/mol. The zero-order chi connectivity index (χ0) is 27.4. The lowest BCUT2D eigenvalue weighted by atomic mass is 9.98. The molecule has 0 amide bonds. The fraction of sp³-hybridized carbons (Fsp3) is 0.565. The number of phosphoric ester groups is 1. The first-order valence-electron chi connectivity index (χ1n) is 11.2. The summed E-state index contributed by atoms with van der Waals surface area (Å²) in [7, 11) is -3.22. The van der Waals surface area contributed by atoms with E-state index in [0.717, 1.165) is 20.8 Å². The number of methoxy groups -OCH3 is 1. The Kier molecular flexibility index (Phi) is 12.1. The van der Waals surface area contributed by atoms with Crippen molar-refractivity contribution in [2.24, 2.45) is 0 Å². The maximum absolute atomic E-state index is 13.7. The summed E-state index contributed by atoms with van der Waals surface area (Å²) in [6, 6.07) is 10.6. The minimum absolute atomic E-state index is 0.130. The molecule has 1 aromatic carbocycles. The van der Waals surface area contributed by atoms with Crippen LogP contribution >= 0.6 is 7.82 Å². The van der Waals surface area contributed by atoms with Crippen molar-refractivity contribution in [3.8, 4) is 6.07 Å². The van der Waals surface area contributed by atoms with Crippen LogP contribution in [0.4, 0.5) is 0 Å². The summed E-state index contributed by atoms with van der Waals surface area (Å²) in [5.74, 6) is -2.20. The molecule has 0 bridgehead atoms. The van der Waals surface area contributed by atoms with Gasteiger partial charge in [-0.15, -0.1) is 0 Å². The molecule has 0 N–H and O–H groups in total. The molecule has 1 fully saturated rings. The molecule has 204 valence electrons. The van der Waals surface area contributed by atoms with Crippen molar-refractivity contribution < 1.29 is 56.2 Å². The third-order valence-electron chi connectivity index (χ3n) is 4.82. The van der Waals surface area contributed by atoms with Gasteiger partial charge in [0.1, 0.15) is 18.8 Å². The summed E-state index contributed by atoms with van der Waals surface area (Å²) < 4.78 is 57.1. The molecule has 1 aromatic rings. The molecule has 1 aliphatic heterocycles. The molecule has 37 heavy (non-hydrogen) atoms. The number of benzene rings is 1. The largest absolute Gasteiger partial charge is 0.475 e. The quantitative estimate of drug-likeness (QED) is 0.154. The van der Waals surface area contributed by atoms with Crippen molar-refractivity contribution in [3.05, 3.63) is 35.9 Å². The van der Waals surface area contributed by atoms with Crippen molar-refractivity contribution in [1.29, 1.82) is 5.26 Å². The Balaban J connectivity index is 2.44. The minimum Gasteiger partial charge on any atom is -0.463 e. The minimum atomic E-state index is -4.48. The van der Waals surface area contributed by atoms with Gasteiger partial charge in [0.05, 0.1) is 25.7 Å². The highest BCUT2D eigenvalue weighted by Crippen LogP contribution is 2.53. The van der Waals surface area contributed by atoms with E-state index in [2.05, 4.69) is 0 Å². The van der Waals surface area contributed by atoms with Crippen LogP contribution in [0.2, 0.25) is 0 Å². The summed E-state index contributed by atoms with van der Waals surface area (Å²) in [4.78, 5) is 35.3. The topological polar surface area (TPSA) is 166 Å². The van der Waals surface area contributed by atoms with Crippen LogP contribution < -0.4 is 0 Å². The number of rotatable bonds is 13. The first-order valence-corrected chi connectivity index (χ1v) is 12.7. The standard InChI is InChI=1S/C23H30NO12P/c1-15(25)30-14-19-20(21(33-16(2)26)22(34-17(3)27)23(29-4)35-19)36-37(28,31-12-8-11-24)32-13-18-9-6-5-7-10-18/h5-7,9-10,19-23H,8,12-14H2,1-4H3/t19-,20-,21+,22-,23+,37?/m1/s1. The number of esters is 3. The molecular weight excluding hydrogens is 513 g/mol. The first-order chi connectivity index (χ1) is 17.6. The predicted octanol–water partition coefficient (Wildman–Crippen LogP) is 2.42. The van der Waals surface area contributed by atoms with E-state index in [9.17, 15) is 18.9 Å². The molecule has 0 aromatic heterocycles. The van der Waals surface area contributed by atoms with Gasteiger partial charge in [-0.05, 0) is 5.56 Å². The SMILES string of the molecule is CO[C@H]1O[C@H](COC(C)=O)[C@@H](OP(=O)(OCCC#N)OCc2ccccc2)[C@H](OC(C)=O)[C@H]1OC(C)=O. The van der Waals surface area contributed by atoms with Gasteiger partial charge in [-0.1, -0.05) is 30.3 Å². The number of carbonyl (C=O) groups excluding carboxylic acids is 3. The van der Waals surface area contributed by atoms with Gasteiger partial charge in [-0.2, -0.15) is 5.26 Å². The average Bonchev–Trinajstić information content (AvgIpc) is 2.84. The highest BCUT2D eigenvalue weighted by Gasteiger charge is 2.54. The van der Waals surface area contributed by atoms with E-state index in [4.69, 9.17) is 42.5 Å². The zero-order valence-electron chi connectivity index (χ0n) is 20.9. The Labute approximate surface area is 214 Å². The van der Waals surface area contributed by atoms with E-state index in [0.29, 0.717) is 5.56 Å². The second kappa shape index (κ2) is 14.8. The lowest BCUT2D eigenvalue weighted by Gasteiger charge is -2.44. The summed E-state index contributed by atoms with van der Waals surface area (Å²) in [5, 5.41) is 8.88. The van der Waals surface area contributed by atoms with Gasteiger partial charge in [-0.3, -0.25) is 28.0 Å². The number of nitriles is 1. The molecule has 0 radical (unpaired) electrons. The van der Waals surface area contributed by atoms with Gasteiger partial charge in [-0.25, -0.2) is 4.57 Å². The van der Waals surface area contributed by atoms with Gasteiger partial charge >= 0.3 is 25.7 Å². The van der Waals surface area contributed by atoms with Crippen molar-refractivity contribution in [3.63, 3.8) is 0 Å². The summed E-state index contributed by atoms with van der Waals surface area (Å²) in [5.41, 5.74) is 0.639. The van der Waals surface area contributed by atoms with Crippen LogP contribution in [-0.2, 0) is 62.8 Å². The Morgan fingerprint density at radius 1 is 0.973 bits per heavy atom. The number of nitrogens with zero attached hydrogens (tertiary/aromatic N) is 1. The Morgan fingerprint density at radius 3 is 2.19 bits per heavy atom. The monoisotopic (exact) mass is 543 g/mol. The number of hydrogen-bond acceptors (Lipinski definition) is 13. The molecule has 2 rings (SSSR count). The molecule has 1 aliphatic rings. The smallest absolute Gasteiger partial charge is 0.463 e. The molecule has 1 heterocycles. The summed E-state index contributed by atoms with van der Waals surface area (Å²) in [6.07, 6.45) is -6.89. The molecule has 0 spiro atoms. The van der Waals surface area contributed by atoms with Gasteiger partial charge in [0.25, 0.3) is 0 Å². The molecule has 14 heteroatoms. The number of carbonyl (C=O) groups is 3. The lowest BCUT2D eigenvalue weighted by Crippen LogP contribution is -2.62. The van der Waals surface area contributed by atoms with Crippen LogP contribution in [0, 0.1) is 11.3 Å². The molecule has 1 saturated heterocycles. The van der Waals surface area contributed by atoms with E-state index < -0.39 is 63.0 Å². The molecule has 1 unspecified atom stereocenters. The van der Waals surface area contributed by atoms with Crippen LogP contribution in [0.3, 0.4) is 0 Å². The van der Waals surface area contributed by atoms with Crippen LogP contribution in [-0.4, -0.2) is 68.9 Å². The second-order valence-electron chi connectivity index (χ2n) is 7.75. The normalized spacial score (nSPS) is 24.8. The third kappa shape index (κ3) is 9.85. The van der Waals surface area contributed by atoms with E-state index in [1.54, 1.807) is 30.3 Å². The lowest BCUT2D eigenvalue weighted by molar-refractivity contribution is -0.298. The fourth-order valence-electron chi connectivity index (χ4n) is 3.35. The summed E-state index contributed by atoms with van der Waals surface area (Å²) >= 11 is 0. The van der Waals surface area contributed by atoms with E-state index in [1.165, 1.54) is 7.11 Å². The Bertz CT molecular complexity index is 997. The van der Waals surface area contributed by atoms with Crippen LogP contribution in [0.15, 0.2) is 30.3 Å². The molecule has 0 saturated carbocycles. The molecule has 6 atom stereocenters. The van der Waals surface area contributed by atoms with Gasteiger partial charge in [0, 0.05) is 27.9 Å². The number of ether oxygens (including phenoxy) is 5. The van der Waals surface area contributed by atoms with Crippen molar-refractivity contribution in [1.82, 2.24) is 0 Å². The highest BCUT2D eigenvalue weighted by atomic mass is 31.2. The maximum Gasteiger partial charge on any atom is 0.475 e. The van der Waals surface area contributed by atoms with Crippen molar-refractivity contribution in [2.75, 3.05) is 20.3 Å². The van der Waals surface area contributed by atoms with E-state index in [-0.39, 0.29) is 19.6 Å². The van der Waals surface area contributed by atoms with E-state index >= 15 is 0 Å². The second-order valence-corrected chi connectivity index (χ2v) is 9.37. The summed E-state index contributed by atoms with van der Waals surface area (Å²) in [6.45, 7) is 2.46. The fourth-order valence-corrected chi connectivity index (χ4v) is 4.72. The Morgan fingerprint density at radius 2 is 1.62 bits per heavy atom. The third-order valence-corrected chi connectivity index (χ3v) is 6.27. The zero-order valence-corrected chi connectivity index (χ0v) is 21.8. The van der Waals surface area contributed by atoms with Crippen LogP contribution in [0.25, 0.3) is 0 Å². The Hall–Kier alpha value is -2.85. The van der Waals surface area contributed by atoms with Crippen LogP contribution in [0.1, 0.15) is 32.8 Å². The number of phosphoric acid groups is 1. The van der Waals surface area contributed by atoms with Gasteiger partial charge in [0.15, 0.2) is 18.5 Å². The molecule has 13 nitrogen and oxygen atoms in total. The maximum atomic E-state index is 13.7. The van der Waals surface area contributed by atoms with Crippen molar-refractivity contribution >= 4 is 25.7 Å². The van der Waals surface area contributed by atoms with Crippen molar-refractivity contribution in [2.45, 2.75) is 64.5 Å².